The Bertz CT molecular complexity index is 666. The van der Waals surface area contributed by atoms with Gasteiger partial charge >= 0.3 is 0 Å². The molecule has 4 heteroatoms. The molecule has 2 aromatic rings. The van der Waals surface area contributed by atoms with Crippen LogP contribution < -0.4 is 0 Å². The maximum absolute atomic E-state index is 13.8. The van der Waals surface area contributed by atoms with Crippen LogP contribution in [-0.4, -0.2) is 24.8 Å². The molecule has 116 valence electrons. The Hall–Kier alpha value is -1.68. The molecule has 2 rings (SSSR count). The SMILES string of the molecule is CCN(C)C=Nc1c(C)cc(F)cc1Cc1ccc(Br)cc1. The number of nitrogens with zero attached hydrogens (tertiary/aromatic N) is 2. The van der Waals surface area contributed by atoms with E-state index in [1.165, 1.54) is 6.07 Å². The van der Waals surface area contributed by atoms with Crippen LogP contribution in [-0.2, 0) is 6.42 Å². The van der Waals surface area contributed by atoms with Gasteiger partial charge in [0.05, 0.1) is 12.0 Å². The Labute approximate surface area is 139 Å². The second kappa shape index (κ2) is 7.54. The zero-order valence-corrected chi connectivity index (χ0v) is 14.7. The van der Waals surface area contributed by atoms with Crippen LogP contribution in [0.4, 0.5) is 10.1 Å². The maximum Gasteiger partial charge on any atom is 0.123 e. The number of aliphatic imine (C=N–C) groups is 1. The standard InChI is InChI=1S/C18H20BrFN2/c1-4-22(3)12-21-18-13(2)9-17(20)11-15(18)10-14-5-7-16(19)8-6-14/h5-9,11-12H,4,10H2,1-3H3. The molecule has 0 N–H and O–H groups in total. The van der Waals surface area contributed by atoms with Gasteiger partial charge in [0.25, 0.3) is 0 Å². The molecule has 0 saturated heterocycles. The lowest BCUT2D eigenvalue weighted by atomic mass is 10.0. The highest BCUT2D eigenvalue weighted by Gasteiger charge is 2.09. The van der Waals surface area contributed by atoms with Crippen molar-refractivity contribution in [1.29, 1.82) is 0 Å². The molecule has 0 amide bonds. The van der Waals surface area contributed by atoms with Gasteiger partial charge in [0.1, 0.15) is 5.82 Å². The number of hydrogen-bond donors (Lipinski definition) is 0. The molecule has 0 saturated carbocycles. The van der Waals surface area contributed by atoms with Crippen molar-refractivity contribution in [2.75, 3.05) is 13.6 Å². The average molecular weight is 363 g/mol. The fourth-order valence-electron chi connectivity index (χ4n) is 2.18. The number of hydrogen-bond acceptors (Lipinski definition) is 1. The number of benzene rings is 2. The van der Waals surface area contributed by atoms with E-state index in [9.17, 15) is 4.39 Å². The van der Waals surface area contributed by atoms with Crippen LogP contribution in [0.5, 0.6) is 0 Å². The van der Waals surface area contributed by atoms with Gasteiger partial charge < -0.3 is 4.90 Å². The van der Waals surface area contributed by atoms with Gasteiger partial charge in [0, 0.05) is 18.1 Å². The van der Waals surface area contributed by atoms with Crippen LogP contribution in [0.1, 0.15) is 23.6 Å². The van der Waals surface area contributed by atoms with Gasteiger partial charge in [-0.2, -0.15) is 0 Å². The Balaban J connectivity index is 2.36. The maximum atomic E-state index is 13.8. The van der Waals surface area contributed by atoms with E-state index in [2.05, 4.69) is 27.8 Å². The van der Waals surface area contributed by atoms with Crippen molar-refractivity contribution in [1.82, 2.24) is 4.90 Å². The van der Waals surface area contributed by atoms with Gasteiger partial charge in [0.15, 0.2) is 0 Å². The van der Waals surface area contributed by atoms with Crippen molar-refractivity contribution in [3.05, 3.63) is 63.4 Å². The molecule has 0 aromatic heterocycles. The Kier molecular flexibility index (Phi) is 5.72. The monoisotopic (exact) mass is 362 g/mol. The summed E-state index contributed by atoms with van der Waals surface area (Å²) in [6.07, 6.45) is 2.46. The van der Waals surface area contributed by atoms with Crippen molar-refractivity contribution in [3.8, 4) is 0 Å². The molecule has 0 bridgehead atoms. The van der Waals surface area contributed by atoms with E-state index < -0.39 is 0 Å². The topological polar surface area (TPSA) is 15.6 Å². The Morgan fingerprint density at radius 1 is 1.23 bits per heavy atom. The van der Waals surface area contributed by atoms with E-state index in [0.29, 0.717) is 6.42 Å². The average Bonchev–Trinajstić information content (AvgIpc) is 2.48. The van der Waals surface area contributed by atoms with Crippen LogP contribution in [0.25, 0.3) is 0 Å². The largest absolute Gasteiger partial charge is 0.366 e. The van der Waals surface area contributed by atoms with Crippen LogP contribution in [0.15, 0.2) is 45.9 Å². The van der Waals surface area contributed by atoms with Crippen molar-refractivity contribution < 1.29 is 4.39 Å². The zero-order chi connectivity index (χ0) is 16.1. The molecule has 0 radical (unpaired) electrons. The molecule has 0 aliphatic heterocycles. The van der Waals surface area contributed by atoms with E-state index in [1.807, 2.05) is 43.1 Å². The lowest BCUT2D eigenvalue weighted by molar-refractivity contribution is 0.552. The van der Waals surface area contributed by atoms with Crippen molar-refractivity contribution >= 4 is 28.0 Å². The third kappa shape index (κ3) is 4.41. The van der Waals surface area contributed by atoms with E-state index in [-0.39, 0.29) is 5.82 Å². The molecule has 0 atom stereocenters. The summed E-state index contributed by atoms with van der Waals surface area (Å²) >= 11 is 3.43. The van der Waals surface area contributed by atoms with Crippen LogP contribution in [0, 0.1) is 12.7 Å². The summed E-state index contributed by atoms with van der Waals surface area (Å²) in [5, 5.41) is 0. The molecule has 0 fully saturated rings. The molecule has 2 aromatic carbocycles. The molecule has 0 aliphatic carbocycles. The summed E-state index contributed by atoms with van der Waals surface area (Å²) < 4.78 is 14.8. The fourth-order valence-corrected chi connectivity index (χ4v) is 2.45. The van der Waals surface area contributed by atoms with E-state index >= 15 is 0 Å². The third-order valence-electron chi connectivity index (χ3n) is 3.53. The first-order valence-electron chi connectivity index (χ1n) is 7.27. The summed E-state index contributed by atoms with van der Waals surface area (Å²) in [5.41, 5.74) is 3.74. The van der Waals surface area contributed by atoms with E-state index in [0.717, 1.165) is 33.4 Å². The van der Waals surface area contributed by atoms with Crippen molar-refractivity contribution in [2.45, 2.75) is 20.3 Å². The first-order chi connectivity index (χ1) is 10.5. The van der Waals surface area contributed by atoms with E-state index in [4.69, 9.17) is 0 Å². The lowest BCUT2D eigenvalue weighted by Crippen LogP contribution is -2.14. The minimum atomic E-state index is -0.215. The smallest absolute Gasteiger partial charge is 0.123 e. The normalized spacial score (nSPS) is 11.1. The van der Waals surface area contributed by atoms with Gasteiger partial charge in [-0.05, 0) is 61.2 Å². The highest BCUT2D eigenvalue weighted by molar-refractivity contribution is 9.10. The number of halogens is 2. The first kappa shape index (κ1) is 16.7. The van der Waals surface area contributed by atoms with Gasteiger partial charge in [-0.15, -0.1) is 0 Å². The number of rotatable bonds is 5. The predicted molar refractivity (Wildman–Crippen MR) is 94.5 cm³/mol. The van der Waals surface area contributed by atoms with Crippen LogP contribution >= 0.6 is 15.9 Å². The molecular formula is C18H20BrFN2. The minimum Gasteiger partial charge on any atom is -0.366 e. The summed E-state index contributed by atoms with van der Waals surface area (Å²) in [7, 11) is 1.97. The quantitative estimate of drug-likeness (QED) is 0.533. The fraction of sp³-hybridized carbons (Fsp3) is 0.278. The second-order valence-corrected chi connectivity index (χ2v) is 6.27. The Morgan fingerprint density at radius 2 is 1.91 bits per heavy atom. The molecule has 0 spiro atoms. The summed E-state index contributed by atoms with van der Waals surface area (Å²) in [4.78, 5) is 6.55. The number of aryl methyl sites for hydroxylation is 1. The predicted octanol–water partition coefficient (Wildman–Crippen LogP) is 5.10. The highest BCUT2D eigenvalue weighted by Crippen LogP contribution is 2.28. The second-order valence-electron chi connectivity index (χ2n) is 5.35. The van der Waals surface area contributed by atoms with Gasteiger partial charge in [-0.25, -0.2) is 9.38 Å². The minimum absolute atomic E-state index is 0.215. The summed E-state index contributed by atoms with van der Waals surface area (Å²) in [6, 6.07) is 11.2. The molecule has 0 unspecified atom stereocenters. The Morgan fingerprint density at radius 3 is 2.55 bits per heavy atom. The van der Waals surface area contributed by atoms with E-state index in [1.54, 1.807) is 12.4 Å². The third-order valence-corrected chi connectivity index (χ3v) is 4.06. The van der Waals surface area contributed by atoms with Crippen LogP contribution in [0.2, 0.25) is 0 Å². The molecule has 0 heterocycles. The highest BCUT2D eigenvalue weighted by atomic mass is 79.9. The molecule has 0 aliphatic rings. The van der Waals surface area contributed by atoms with Crippen LogP contribution in [0.3, 0.4) is 0 Å². The van der Waals surface area contributed by atoms with Gasteiger partial charge in [-0.1, -0.05) is 28.1 Å². The first-order valence-corrected chi connectivity index (χ1v) is 8.06. The van der Waals surface area contributed by atoms with Gasteiger partial charge in [-0.3, -0.25) is 0 Å². The van der Waals surface area contributed by atoms with Gasteiger partial charge in [0.2, 0.25) is 0 Å². The molecule has 2 nitrogen and oxygen atoms in total. The summed E-state index contributed by atoms with van der Waals surface area (Å²) in [5.74, 6) is -0.215. The molecular weight excluding hydrogens is 343 g/mol. The molecule has 22 heavy (non-hydrogen) atoms. The summed E-state index contributed by atoms with van der Waals surface area (Å²) in [6.45, 7) is 4.84. The lowest BCUT2D eigenvalue weighted by Gasteiger charge is -2.12. The van der Waals surface area contributed by atoms with Crippen molar-refractivity contribution in [2.24, 2.45) is 4.99 Å². The zero-order valence-electron chi connectivity index (χ0n) is 13.1. The van der Waals surface area contributed by atoms with Crippen molar-refractivity contribution in [3.63, 3.8) is 0 Å².